The van der Waals surface area contributed by atoms with E-state index < -0.39 is 5.97 Å². The van der Waals surface area contributed by atoms with Gasteiger partial charge in [0.15, 0.2) is 0 Å². The molecule has 19 heavy (non-hydrogen) atoms. The van der Waals surface area contributed by atoms with Gasteiger partial charge in [0.2, 0.25) is 5.91 Å². The Kier molecular flexibility index (Phi) is 3.09. The molecule has 3 rings (SSSR count). The number of rotatable bonds is 3. The first-order valence-corrected chi connectivity index (χ1v) is 7.47. The summed E-state index contributed by atoms with van der Waals surface area (Å²) >= 11 is 1.64. The first-order chi connectivity index (χ1) is 9.06. The highest BCUT2D eigenvalue weighted by Crippen LogP contribution is 2.42. The summed E-state index contributed by atoms with van der Waals surface area (Å²) in [6.45, 7) is 2.03. The molecule has 2 bridgehead atoms. The molecule has 3 atom stereocenters. The lowest BCUT2D eigenvalue weighted by molar-refractivity contribution is -0.143. The Labute approximate surface area is 116 Å². The van der Waals surface area contributed by atoms with Crippen molar-refractivity contribution in [1.82, 2.24) is 4.90 Å². The third kappa shape index (κ3) is 2.16. The Bertz CT molecular complexity index is 525. The number of carboxylic acid groups (broad SMARTS) is 1. The minimum absolute atomic E-state index is 0.0731. The molecule has 3 heterocycles. The number of hydrogen-bond acceptors (Lipinski definition) is 3. The maximum atomic E-state index is 12.4. The fourth-order valence-electron chi connectivity index (χ4n) is 3.46. The van der Waals surface area contributed by atoms with Crippen molar-refractivity contribution in [3.63, 3.8) is 0 Å². The Morgan fingerprint density at radius 1 is 1.42 bits per heavy atom. The van der Waals surface area contributed by atoms with Crippen LogP contribution in [0.2, 0.25) is 0 Å². The molecule has 102 valence electrons. The van der Waals surface area contributed by atoms with Gasteiger partial charge in [-0.25, -0.2) is 0 Å². The van der Waals surface area contributed by atoms with Gasteiger partial charge in [-0.15, -0.1) is 11.3 Å². The molecule has 0 spiro atoms. The van der Waals surface area contributed by atoms with Crippen LogP contribution in [0.5, 0.6) is 0 Å². The molecule has 1 N–H and O–H groups in total. The summed E-state index contributed by atoms with van der Waals surface area (Å²) in [5.41, 5.74) is 0. The number of aryl methyl sites for hydroxylation is 1. The fourth-order valence-corrected chi connectivity index (χ4v) is 4.34. The molecule has 4 nitrogen and oxygen atoms in total. The van der Waals surface area contributed by atoms with Crippen molar-refractivity contribution in [2.45, 2.75) is 44.7 Å². The molecule has 3 unspecified atom stereocenters. The SMILES string of the molecule is Cc1ccc(CC(=O)N2C3CCC2C(C(=O)O)C3)s1. The van der Waals surface area contributed by atoms with Crippen LogP contribution in [0.25, 0.3) is 0 Å². The molecule has 5 heteroatoms. The standard InChI is InChI=1S/C14H17NO3S/c1-8-2-4-10(19-8)7-13(16)15-9-3-5-12(15)11(6-9)14(17)18/h2,4,9,11-12H,3,5-7H2,1H3,(H,17,18). The zero-order valence-corrected chi connectivity index (χ0v) is 11.7. The molecule has 2 aliphatic rings. The lowest BCUT2D eigenvalue weighted by Crippen LogP contribution is -2.38. The van der Waals surface area contributed by atoms with E-state index in [0.29, 0.717) is 12.8 Å². The number of hydrogen-bond donors (Lipinski definition) is 1. The van der Waals surface area contributed by atoms with Crippen molar-refractivity contribution in [1.29, 1.82) is 0 Å². The van der Waals surface area contributed by atoms with E-state index in [1.54, 1.807) is 11.3 Å². The third-order valence-corrected chi connectivity index (χ3v) is 5.26. The van der Waals surface area contributed by atoms with Gasteiger partial charge < -0.3 is 10.0 Å². The van der Waals surface area contributed by atoms with Crippen LogP contribution in [-0.2, 0) is 16.0 Å². The highest BCUT2D eigenvalue weighted by atomic mass is 32.1. The van der Waals surface area contributed by atoms with Gasteiger partial charge >= 0.3 is 5.97 Å². The van der Waals surface area contributed by atoms with Crippen LogP contribution in [0.1, 0.15) is 29.0 Å². The summed E-state index contributed by atoms with van der Waals surface area (Å²) < 4.78 is 0. The normalized spacial score (nSPS) is 28.9. The van der Waals surface area contributed by atoms with E-state index in [0.717, 1.165) is 17.7 Å². The Morgan fingerprint density at radius 3 is 2.79 bits per heavy atom. The average molecular weight is 279 g/mol. The van der Waals surface area contributed by atoms with E-state index in [1.807, 2.05) is 24.0 Å². The number of aliphatic carboxylic acids is 1. The Hall–Kier alpha value is -1.36. The minimum Gasteiger partial charge on any atom is -0.481 e. The number of carbonyl (C=O) groups excluding carboxylic acids is 1. The number of carbonyl (C=O) groups is 2. The quantitative estimate of drug-likeness (QED) is 0.921. The molecule has 1 amide bonds. The largest absolute Gasteiger partial charge is 0.481 e. The van der Waals surface area contributed by atoms with Crippen molar-refractivity contribution in [2.75, 3.05) is 0 Å². The molecular formula is C14H17NO3S. The number of amides is 1. The van der Waals surface area contributed by atoms with E-state index >= 15 is 0 Å². The summed E-state index contributed by atoms with van der Waals surface area (Å²) in [6, 6.07) is 4.09. The first-order valence-electron chi connectivity index (χ1n) is 6.65. The van der Waals surface area contributed by atoms with Crippen LogP contribution in [0, 0.1) is 12.8 Å². The average Bonchev–Trinajstić information content (AvgIpc) is 3.02. The molecule has 2 aliphatic heterocycles. The lowest BCUT2D eigenvalue weighted by Gasteiger charge is -2.22. The highest BCUT2D eigenvalue weighted by Gasteiger charge is 2.51. The van der Waals surface area contributed by atoms with E-state index in [4.69, 9.17) is 0 Å². The second-order valence-electron chi connectivity index (χ2n) is 5.47. The Balaban J connectivity index is 1.72. The van der Waals surface area contributed by atoms with Crippen LogP contribution in [0.4, 0.5) is 0 Å². The molecule has 1 aromatic heterocycles. The van der Waals surface area contributed by atoms with Crippen molar-refractivity contribution in [2.24, 2.45) is 5.92 Å². The van der Waals surface area contributed by atoms with E-state index in [-0.39, 0.29) is 23.9 Å². The molecule has 0 saturated carbocycles. The van der Waals surface area contributed by atoms with Crippen LogP contribution in [0.15, 0.2) is 12.1 Å². The van der Waals surface area contributed by atoms with Crippen molar-refractivity contribution in [3.8, 4) is 0 Å². The topological polar surface area (TPSA) is 57.6 Å². The molecule has 0 aromatic carbocycles. The van der Waals surface area contributed by atoms with Gasteiger partial charge in [-0.05, 0) is 38.3 Å². The second kappa shape index (κ2) is 4.63. The molecule has 0 aliphatic carbocycles. The molecule has 2 saturated heterocycles. The van der Waals surface area contributed by atoms with Crippen molar-refractivity contribution >= 4 is 23.2 Å². The summed E-state index contributed by atoms with van der Waals surface area (Å²) in [7, 11) is 0. The van der Waals surface area contributed by atoms with Crippen LogP contribution in [0.3, 0.4) is 0 Å². The number of carboxylic acids is 1. The second-order valence-corrected chi connectivity index (χ2v) is 6.84. The predicted octanol–water partition coefficient (Wildman–Crippen LogP) is 2.06. The summed E-state index contributed by atoms with van der Waals surface area (Å²) in [5, 5.41) is 9.19. The van der Waals surface area contributed by atoms with Gasteiger partial charge in [0.25, 0.3) is 0 Å². The fraction of sp³-hybridized carbons (Fsp3) is 0.571. The van der Waals surface area contributed by atoms with E-state index in [9.17, 15) is 14.7 Å². The Morgan fingerprint density at radius 2 is 2.21 bits per heavy atom. The molecule has 0 radical (unpaired) electrons. The van der Waals surface area contributed by atoms with Crippen LogP contribution >= 0.6 is 11.3 Å². The maximum absolute atomic E-state index is 12.4. The number of fused-ring (bicyclic) bond motifs is 2. The zero-order valence-electron chi connectivity index (χ0n) is 10.8. The van der Waals surface area contributed by atoms with Crippen molar-refractivity contribution in [3.05, 3.63) is 21.9 Å². The smallest absolute Gasteiger partial charge is 0.308 e. The first kappa shape index (κ1) is 12.7. The molecular weight excluding hydrogens is 262 g/mol. The number of nitrogens with zero attached hydrogens (tertiary/aromatic N) is 1. The summed E-state index contributed by atoms with van der Waals surface area (Å²) in [5.74, 6) is -1.01. The highest BCUT2D eigenvalue weighted by molar-refractivity contribution is 7.12. The lowest BCUT2D eigenvalue weighted by atomic mass is 9.89. The summed E-state index contributed by atoms with van der Waals surface area (Å²) in [6.07, 6.45) is 2.85. The maximum Gasteiger partial charge on any atom is 0.308 e. The predicted molar refractivity (Wildman–Crippen MR) is 72.2 cm³/mol. The van der Waals surface area contributed by atoms with Gasteiger partial charge in [-0.1, -0.05) is 0 Å². The number of thiophene rings is 1. The van der Waals surface area contributed by atoms with Gasteiger partial charge in [-0.2, -0.15) is 0 Å². The van der Waals surface area contributed by atoms with Gasteiger partial charge in [0, 0.05) is 21.8 Å². The monoisotopic (exact) mass is 279 g/mol. The minimum atomic E-state index is -0.753. The van der Waals surface area contributed by atoms with Gasteiger partial charge in [-0.3, -0.25) is 9.59 Å². The van der Waals surface area contributed by atoms with Crippen LogP contribution in [-0.4, -0.2) is 34.0 Å². The van der Waals surface area contributed by atoms with Gasteiger partial charge in [0.05, 0.1) is 12.3 Å². The van der Waals surface area contributed by atoms with Crippen LogP contribution < -0.4 is 0 Å². The van der Waals surface area contributed by atoms with Gasteiger partial charge in [0.1, 0.15) is 0 Å². The van der Waals surface area contributed by atoms with E-state index in [1.165, 1.54) is 4.88 Å². The summed E-state index contributed by atoms with van der Waals surface area (Å²) in [4.78, 5) is 27.7. The molecule has 1 aromatic rings. The van der Waals surface area contributed by atoms with E-state index in [2.05, 4.69) is 0 Å². The third-order valence-electron chi connectivity index (χ3n) is 4.26. The van der Waals surface area contributed by atoms with Crippen molar-refractivity contribution < 1.29 is 14.7 Å². The molecule has 2 fully saturated rings. The zero-order chi connectivity index (χ0) is 13.6.